The maximum absolute atomic E-state index is 13.6. The molecular formula is C27H40FNO3Si. The zero-order valence-corrected chi connectivity index (χ0v) is 22.1. The number of aliphatic hydroxyl groups excluding tert-OH is 1. The molecule has 0 aliphatic rings. The molecule has 6 heteroatoms. The van der Waals surface area contributed by atoms with Crippen molar-refractivity contribution in [2.24, 2.45) is 11.8 Å². The zero-order chi connectivity index (χ0) is 24.8. The molecule has 4 nitrogen and oxygen atoms in total. The highest BCUT2D eigenvalue weighted by atomic mass is 28.4. The van der Waals surface area contributed by atoms with Crippen LogP contribution in [0.4, 0.5) is 4.39 Å². The minimum absolute atomic E-state index is 0.0161. The lowest BCUT2D eigenvalue weighted by molar-refractivity contribution is -0.128. The van der Waals surface area contributed by atoms with Crippen molar-refractivity contribution in [3.05, 3.63) is 71.5 Å². The van der Waals surface area contributed by atoms with Crippen molar-refractivity contribution >= 4 is 14.2 Å². The highest BCUT2D eigenvalue weighted by Gasteiger charge is 2.40. The van der Waals surface area contributed by atoms with Crippen LogP contribution in [0.25, 0.3) is 0 Å². The number of carbonyl (C=O) groups excluding carboxylic acids is 1. The van der Waals surface area contributed by atoms with Gasteiger partial charge in [0, 0.05) is 13.0 Å². The van der Waals surface area contributed by atoms with Crippen LogP contribution >= 0.6 is 0 Å². The Morgan fingerprint density at radius 2 is 1.61 bits per heavy atom. The molecule has 0 saturated heterocycles. The van der Waals surface area contributed by atoms with Crippen molar-refractivity contribution < 1.29 is 18.7 Å². The second kappa shape index (κ2) is 11.4. The lowest BCUT2D eigenvalue weighted by atomic mass is 9.81. The van der Waals surface area contributed by atoms with Crippen molar-refractivity contribution in [2.45, 2.75) is 70.9 Å². The molecule has 33 heavy (non-hydrogen) atoms. The Kier molecular flexibility index (Phi) is 9.41. The summed E-state index contributed by atoms with van der Waals surface area (Å²) in [5.74, 6) is -1.06. The highest BCUT2D eigenvalue weighted by molar-refractivity contribution is 6.74. The molecule has 0 radical (unpaired) electrons. The van der Waals surface area contributed by atoms with E-state index in [1.54, 1.807) is 19.2 Å². The molecule has 2 aromatic carbocycles. The van der Waals surface area contributed by atoms with Gasteiger partial charge in [0.05, 0.1) is 12.2 Å². The first-order chi connectivity index (χ1) is 15.4. The lowest BCUT2D eigenvalue weighted by Crippen LogP contribution is -2.42. The van der Waals surface area contributed by atoms with Crippen LogP contribution in [-0.4, -0.2) is 26.4 Å². The van der Waals surface area contributed by atoms with Crippen LogP contribution in [0.15, 0.2) is 54.6 Å². The smallest absolute Gasteiger partial charge is 0.223 e. The number of amides is 1. The van der Waals surface area contributed by atoms with Crippen molar-refractivity contribution in [3.8, 4) is 0 Å². The number of hydrogen-bond acceptors (Lipinski definition) is 3. The van der Waals surface area contributed by atoms with E-state index in [1.807, 2.05) is 37.3 Å². The molecule has 2 aromatic rings. The largest absolute Gasteiger partial charge is 0.410 e. The van der Waals surface area contributed by atoms with Crippen molar-refractivity contribution in [1.29, 1.82) is 0 Å². The summed E-state index contributed by atoms with van der Waals surface area (Å²) in [5, 5.41) is 13.7. The van der Waals surface area contributed by atoms with Gasteiger partial charge in [-0.2, -0.15) is 0 Å². The predicted octanol–water partition coefficient (Wildman–Crippen LogP) is 6.40. The van der Waals surface area contributed by atoms with E-state index in [0.717, 1.165) is 11.1 Å². The Morgan fingerprint density at radius 3 is 2.12 bits per heavy atom. The molecule has 1 unspecified atom stereocenters. The Hall–Kier alpha value is -2.02. The fourth-order valence-electron chi connectivity index (χ4n) is 3.83. The molecule has 0 aromatic heterocycles. The second-order valence-corrected chi connectivity index (χ2v) is 15.2. The van der Waals surface area contributed by atoms with Crippen LogP contribution in [0.2, 0.25) is 18.1 Å². The molecule has 0 saturated carbocycles. The van der Waals surface area contributed by atoms with E-state index >= 15 is 0 Å². The number of aliphatic hydroxyl groups is 1. The van der Waals surface area contributed by atoms with Crippen LogP contribution in [0.5, 0.6) is 0 Å². The van der Waals surface area contributed by atoms with Gasteiger partial charge < -0.3 is 14.8 Å². The normalized spacial score (nSPS) is 16.0. The van der Waals surface area contributed by atoms with Crippen molar-refractivity contribution in [2.75, 3.05) is 7.05 Å². The minimum atomic E-state index is -2.12. The van der Waals surface area contributed by atoms with Crippen LogP contribution in [0, 0.1) is 17.7 Å². The van der Waals surface area contributed by atoms with Gasteiger partial charge in [-0.05, 0) is 60.2 Å². The fraction of sp³-hybridized carbons (Fsp3) is 0.519. The van der Waals surface area contributed by atoms with Gasteiger partial charge in [0.15, 0.2) is 8.32 Å². The number of rotatable bonds is 10. The first-order valence-corrected chi connectivity index (χ1v) is 14.7. The van der Waals surface area contributed by atoms with Gasteiger partial charge in [0.25, 0.3) is 0 Å². The summed E-state index contributed by atoms with van der Waals surface area (Å²) in [6.07, 6.45) is 0.141. The van der Waals surface area contributed by atoms with E-state index in [0.29, 0.717) is 12.8 Å². The summed E-state index contributed by atoms with van der Waals surface area (Å²) in [4.78, 5) is 12.8. The van der Waals surface area contributed by atoms with E-state index in [4.69, 9.17) is 4.43 Å². The first kappa shape index (κ1) is 27.2. The molecule has 0 aliphatic heterocycles. The Labute approximate surface area is 199 Å². The SMILES string of the molecule is CNC(=O)C(CC[C@H](O[Si](C)(C)C(C)(C)C)c1ccc(F)cc1)[C@H](C)[C@H](O)c1ccccc1. The number of carbonyl (C=O) groups is 1. The summed E-state index contributed by atoms with van der Waals surface area (Å²) in [5.41, 5.74) is 1.71. The number of hydrogen-bond donors (Lipinski definition) is 2. The standard InChI is InChI=1S/C27H40FNO3Si/c1-19(25(30)21-11-9-8-10-12-21)23(26(31)29-5)17-18-24(20-13-15-22(28)16-14-20)32-33(6,7)27(2,3)4/h8-16,19,23-25,30H,17-18H2,1-7H3,(H,29,31)/t19-,23?,24-,25-/m0/s1. The average molecular weight is 474 g/mol. The maximum Gasteiger partial charge on any atom is 0.223 e. The van der Waals surface area contributed by atoms with Crippen LogP contribution in [0.3, 0.4) is 0 Å². The van der Waals surface area contributed by atoms with Crippen LogP contribution < -0.4 is 5.32 Å². The van der Waals surface area contributed by atoms with Gasteiger partial charge in [-0.1, -0.05) is 70.2 Å². The second-order valence-electron chi connectivity index (χ2n) is 10.4. The Morgan fingerprint density at radius 1 is 1.03 bits per heavy atom. The van der Waals surface area contributed by atoms with E-state index in [-0.39, 0.29) is 28.8 Å². The summed E-state index contributed by atoms with van der Waals surface area (Å²) in [6, 6.07) is 15.9. The predicted molar refractivity (Wildman–Crippen MR) is 135 cm³/mol. The summed E-state index contributed by atoms with van der Waals surface area (Å²) < 4.78 is 20.3. The molecule has 0 aliphatic carbocycles. The molecular weight excluding hydrogens is 433 g/mol. The topological polar surface area (TPSA) is 58.6 Å². The molecule has 4 atom stereocenters. The lowest BCUT2D eigenvalue weighted by Gasteiger charge is -2.40. The third-order valence-corrected chi connectivity index (χ3v) is 11.6. The van der Waals surface area contributed by atoms with Crippen molar-refractivity contribution in [3.63, 3.8) is 0 Å². The van der Waals surface area contributed by atoms with Crippen molar-refractivity contribution in [1.82, 2.24) is 5.32 Å². The molecule has 0 heterocycles. The zero-order valence-electron chi connectivity index (χ0n) is 21.1. The van der Waals surface area contributed by atoms with Gasteiger partial charge in [0.1, 0.15) is 5.82 Å². The molecule has 0 spiro atoms. The monoisotopic (exact) mass is 473 g/mol. The number of benzene rings is 2. The molecule has 2 N–H and O–H groups in total. The van der Waals surface area contributed by atoms with E-state index < -0.39 is 20.3 Å². The molecule has 182 valence electrons. The Bertz CT molecular complexity index is 880. The van der Waals surface area contributed by atoms with Gasteiger partial charge in [-0.3, -0.25) is 4.79 Å². The average Bonchev–Trinajstić information content (AvgIpc) is 2.77. The molecule has 0 fully saturated rings. The van der Waals surface area contributed by atoms with Gasteiger partial charge in [0.2, 0.25) is 5.91 Å². The van der Waals surface area contributed by atoms with E-state index in [1.165, 1.54) is 12.1 Å². The molecule has 1 amide bonds. The number of halogens is 1. The fourth-order valence-corrected chi connectivity index (χ4v) is 5.15. The summed E-state index contributed by atoms with van der Waals surface area (Å²) in [6.45, 7) is 12.9. The van der Waals surface area contributed by atoms with Gasteiger partial charge in [-0.15, -0.1) is 0 Å². The highest BCUT2D eigenvalue weighted by Crippen LogP contribution is 2.42. The maximum atomic E-state index is 13.6. The Balaban J connectivity index is 2.28. The first-order valence-electron chi connectivity index (χ1n) is 11.7. The quantitative estimate of drug-likeness (QED) is 0.393. The van der Waals surface area contributed by atoms with E-state index in [9.17, 15) is 14.3 Å². The minimum Gasteiger partial charge on any atom is -0.410 e. The van der Waals surface area contributed by atoms with Crippen LogP contribution in [0.1, 0.15) is 63.9 Å². The van der Waals surface area contributed by atoms with Gasteiger partial charge >= 0.3 is 0 Å². The van der Waals surface area contributed by atoms with Gasteiger partial charge in [-0.25, -0.2) is 4.39 Å². The van der Waals surface area contributed by atoms with Crippen LogP contribution in [-0.2, 0) is 9.22 Å². The molecule has 2 rings (SSSR count). The van der Waals surface area contributed by atoms with E-state index in [2.05, 4.69) is 39.2 Å². The molecule has 0 bridgehead atoms. The third kappa shape index (κ3) is 7.23. The summed E-state index contributed by atoms with van der Waals surface area (Å²) >= 11 is 0. The third-order valence-electron chi connectivity index (χ3n) is 7.08. The summed E-state index contributed by atoms with van der Waals surface area (Å²) in [7, 11) is -0.492. The number of nitrogens with one attached hydrogen (secondary N) is 1.